The molecule has 172 valence electrons. The zero-order valence-corrected chi connectivity index (χ0v) is 20.3. The second-order valence-electron chi connectivity index (χ2n) is 8.92. The number of fused-ring (bicyclic) bond motifs is 1. The average molecular weight is 489 g/mol. The standard InChI is InChI=1S/C29H26Cl2N2O/c30-26-16-25(17-27(31)18-26)29(34)33-13-12-32(19-21-6-2-1-3-7-21)20-28(33)15-22-10-11-23-8-4-5-9-24(23)14-22/h1-11,14,16-18,28H,12-13,15,19-20H2. The van der Waals surface area contributed by atoms with Crippen molar-refractivity contribution in [3.8, 4) is 0 Å². The number of nitrogens with zero attached hydrogens (tertiary/aromatic N) is 2. The number of carbonyl (C=O) groups is 1. The lowest BCUT2D eigenvalue weighted by atomic mass is 9.98. The van der Waals surface area contributed by atoms with E-state index in [-0.39, 0.29) is 11.9 Å². The SMILES string of the molecule is O=C(c1cc(Cl)cc(Cl)c1)N1CCN(Cc2ccccc2)CC1Cc1ccc2ccccc2c1. The highest BCUT2D eigenvalue weighted by Crippen LogP contribution is 2.25. The largest absolute Gasteiger partial charge is 0.333 e. The van der Waals surface area contributed by atoms with Gasteiger partial charge in [-0.25, -0.2) is 0 Å². The molecule has 0 bridgehead atoms. The lowest BCUT2D eigenvalue weighted by molar-refractivity contribution is 0.0439. The second kappa shape index (κ2) is 10.2. The Labute approximate surface area is 210 Å². The molecule has 0 spiro atoms. The number of hydrogen-bond acceptors (Lipinski definition) is 2. The molecule has 0 radical (unpaired) electrons. The predicted molar refractivity (Wildman–Crippen MR) is 141 cm³/mol. The van der Waals surface area contributed by atoms with Crippen LogP contribution >= 0.6 is 23.2 Å². The molecule has 34 heavy (non-hydrogen) atoms. The van der Waals surface area contributed by atoms with E-state index < -0.39 is 0 Å². The Bertz CT molecular complexity index is 1290. The first kappa shape index (κ1) is 22.9. The highest BCUT2D eigenvalue weighted by atomic mass is 35.5. The van der Waals surface area contributed by atoms with Crippen LogP contribution in [0.15, 0.2) is 91.0 Å². The molecular formula is C29H26Cl2N2O. The van der Waals surface area contributed by atoms with Gasteiger partial charge in [-0.1, -0.05) is 96.0 Å². The fourth-order valence-corrected chi connectivity index (χ4v) is 5.35. The normalized spacial score (nSPS) is 16.6. The summed E-state index contributed by atoms with van der Waals surface area (Å²) >= 11 is 12.4. The third-order valence-electron chi connectivity index (χ3n) is 6.47. The lowest BCUT2D eigenvalue weighted by Crippen LogP contribution is -2.55. The minimum Gasteiger partial charge on any atom is -0.333 e. The van der Waals surface area contributed by atoms with Gasteiger partial charge in [0.25, 0.3) is 5.91 Å². The van der Waals surface area contributed by atoms with E-state index in [4.69, 9.17) is 23.2 Å². The molecule has 0 N–H and O–H groups in total. The summed E-state index contributed by atoms with van der Waals surface area (Å²) in [4.78, 5) is 18.0. The highest BCUT2D eigenvalue weighted by Gasteiger charge is 2.31. The summed E-state index contributed by atoms with van der Waals surface area (Å²) in [6, 6.07) is 30.6. The molecule has 1 heterocycles. The summed E-state index contributed by atoms with van der Waals surface area (Å²) in [7, 11) is 0. The van der Waals surface area contributed by atoms with Crippen LogP contribution in [-0.2, 0) is 13.0 Å². The number of amides is 1. The van der Waals surface area contributed by atoms with Crippen molar-refractivity contribution in [2.75, 3.05) is 19.6 Å². The minimum absolute atomic E-state index is 0.0189. The van der Waals surface area contributed by atoms with Gasteiger partial charge in [-0.2, -0.15) is 0 Å². The molecule has 4 aromatic rings. The molecule has 0 saturated carbocycles. The number of benzene rings is 4. The monoisotopic (exact) mass is 488 g/mol. The van der Waals surface area contributed by atoms with Gasteiger partial charge in [0.15, 0.2) is 0 Å². The number of halogens is 2. The van der Waals surface area contributed by atoms with Crippen molar-refractivity contribution in [1.82, 2.24) is 9.80 Å². The second-order valence-corrected chi connectivity index (χ2v) is 9.79. The van der Waals surface area contributed by atoms with Gasteiger partial charge in [-0.15, -0.1) is 0 Å². The number of hydrogen-bond donors (Lipinski definition) is 0. The summed E-state index contributed by atoms with van der Waals surface area (Å²) < 4.78 is 0. The van der Waals surface area contributed by atoms with Crippen molar-refractivity contribution in [2.45, 2.75) is 19.0 Å². The van der Waals surface area contributed by atoms with Gasteiger partial charge in [-0.3, -0.25) is 9.69 Å². The van der Waals surface area contributed by atoms with E-state index in [2.05, 4.69) is 71.6 Å². The third kappa shape index (κ3) is 5.28. The van der Waals surface area contributed by atoms with E-state index in [1.165, 1.54) is 21.9 Å². The molecule has 5 heteroatoms. The molecule has 1 amide bonds. The first-order valence-electron chi connectivity index (χ1n) is 11.6. The number of carbonyl (C=O) groups excluding carboxylic acids is 1. The van der Waals surface area contributed by atoms with Gasteiger partial charge in [0.05, 0.1) is 0 Å². The maximum absolute atomic E-state index is 13.6. The van der Waals surface area contributed by atoms with Crippen LogP contribution in [0.1, 0.15) is 21.5 Å². The molecule has 1 aliphatic heterocycles. The van der Waals surface area contributed by atoms with Crippen molar-refractivity contribution in [2.24, 2.45) is 0 Å². The molecule has 5 rings (SSSR count). The Morgan fingerprint density at radius 1 is 0.765 bits per heavy atom. The first-order chi connectivity index (χ1) is 16.5. The van der Waals surface area contributed by atoms with Crippen LogP contribution in [0.3, 0.4) is 0 Å². The van der Waals surface area contributed by atoms with Gasteiger partial charge >= 0.3 is 0 Å². The predicted octanol–water partition coefficient (Wildman–Crippen LogP) is 6.72. The van der Waals surface area contributed by atoms with Gasteiger partial charge in [-0.05, 0) is 46.5 Å². The van der Waals surface area contributed by atoms with E-state index in [0.717, 1.165) is 26.1 Å². The molecule has 0 aromatic heterocycles. The van der Waals surface area contributed by atoms with Gasteiger partial charge in [0.1, 0.15) is 0 Å². The minimum atomic E-state index is -0.0189. The maximum Gasteiger partial charge on any atom is 0.254 e. The van der Waals surface area contributed by atoms with Crippen LogP contribution in [0.2, 0.25) is 10.0 Å². The summed E-state index contributed by atoms with van der Waals surface area (Å²) in [5.74, 6) is -0.0189. The summed E-state index contributed by atoms with van der Waals surface area (Å²) in [5.41, 5.74) is 3.05. The third-order valence-corrected chi connectivity index (χ3v) is 6.91. The molecule has 1 fully saturated rings. The molecular weight excluding hydrogens is 463 g/mol. The Kier molecular flexibility index (Phi) is 6.87. The molecule has 4 aromatic carbocycles. The Morgan fingerprint density at radius 2 is 1.47 bits per heavy atom. The number of rotatable bonds is 5. The molecule has 1 aliphatic rings. The Morgan fingerprint density at radius 3 is 2.24 bits per heavy atom. The van der Waals surface area contributed by atoms with Crippen LogP contribution < -0.4 is 0 Å². The van der Waals surface area contributed by atoms with Crippen molar-refractivity contribution in [3.63, 3.8) is 0 Å². The van der Waals surface area contributed by atoms with Gasteiger partial charge in [0.2, 0.25) is 0 Å². The van der Waals surface area contributed by atoms with Crippen LogP contribution in [0.25, 0.3) is 10.8 Å². The van der Waals surface area contributed by atoms with Crippen molar-refractivity contribution in [3.05, 3.63) is 118 Å². The maximum atomic E-state index is 13.6. The summed E-state index contributed by atoms with van der Waals surface area (Å²) in [6.07, 6.45) is 0.788. The zero-order chi connectivity index (χ0) is 23.5. The van der Waals surface area contributed by atoms with Crippen LogP contribution in [0, 0.1) is 0 Å². The van der Waals surface area contributed by atoms with Crippen LogP contribution in [-0.4, -0.2) is 41.4 Å². The first-order valence-corrected chi connectivity index (χ1v) is 12.3. The van der Waals surface area contributed by atoms with E-state index in [9.17, 15) is 4.79 Å². The van der Waals surface area contributed by atoms with Gasteiger partial charge in [0, 0.05) is 47.8 Å². The smallest absolute Gasteiger partial charge is 0.254 e. The molecule has 0 aliphatic carbocycles. The van der Waals surface area contributed by atoms with Gasteiger partial charge < -0.3 is 4.90 Å². The molecule has 1 atom stereocenters. The van der Waals surface area contributed by atoms with E-state index in [0.29, 0.717) is 22.2 Å². The fourth-order valence-electron chi connectivity index (χ4n) is 4.83. The molecule has 1 saturated heterocycles. The fraction of sp³-hybridized carbons (Fsp3) is 0.207. The quantitative estimate of drug-likeness (QED) is 0.311. The summed E-state index contributed by atoms with van der Waals surface area (Å²) in [5, 5.41) is 3.40. The van der Waals surface area contributed by atoms with E-state index in [1.807, 2.05) is 11.0 Å². The Balaban J connectivity index is 1.42. The lowest BCUT2D eigenvalue weighted by Gasteiger charge is -2.42. The van der Waals surface area contributed by atoms with Crippen molar-refractivity contribution < 1.29 is 4.79 Å². The highest BCUT2D eigenvalue weighted by molar-refractivity contribution is 6.35. The van der Waals surface area contributed by atoms with Crippen LogP contribution in [0.4, 0.5) is 0 Å². The zero-order valence-electron chi connectivity index (χ0n) is 18.8. The molecule has 3 nitrogen and oxygen atoms in total. The molecule has 1 unspecified atom stereocenters. The van der Waals surface area contributed by atoms with E-state index in [1.54, 1.807) is 18.2 Å². The van der Waals surface area contributed by atoms with Crippen molar-refractivity contribution >= 4 is 39.9 Å². The van der Waals surface area contributed by atoms with E-state index >= 15 is 0 Å². The Hall–Kier alpha value is -2.85. The van der Waals surface area contributed by atoms with Crippen LogP contribution in [0.5, 0.6) is 0 Å². The topological polar surface area (TPSA) is 23.6 Å². The average Bonchev–Trinajstić information content (AvgIpc) is 2.84. The summed E-state index contributed by atoms with van der Waals surface area (Å²) in [6.45, 7) is 3.17. The number of piperazine rings is 1. The van der Waals surface area contributed by atoms with Crippen molar-refractivity contribution in [1.29, 1.82) is 0 Å².